The van der Waals surface area contributed by atoms with Crippen LogP contribution in [0, 0.1) is 5.92 Å². The zero-order valence-electron chi connectivity index (χ0n) is 24.4. The van der Waals surface area contributed by atoms with E-state index in [9.17, 15) is 24.0 Å². The van der Waals surface area contributed by atoms with Crippen LogP contribution in [0.4, 0.5) is 0 Å². The quantitative estimate of drug-likeness (QED) is 0.486. The minimum absolute atomic E-state index is 0.0761. The Kier molecular flexibility index (Phi) is 10.2. The second-order valence-electron chi connectivity index (χ2n) is 11.0. The van der Waals surface area contributed by atoms with Gasteiger partial charge < -0.3 is 30.5 Å². The van der Waals surface area contributed by atoms with Crippen molar-refractivity contribution in [2.24, 2.45) is 5.92 Å². The predicted octanol–water partition coefficient (Wildman–Crippen LogP) is 0.910. The number of ether oxygens (including phenoxy) is 1. The van der Waals surface area contributed by atoms with Crippen molar-refractivity contribution >= 4 is 29.5 Å². The number of carbonyl (C=O) groups excluding carboxylic acids is 5. The average Bonchev–Trinajstić information content (AvgIpc) is 3.19. The van der Waals surface area contributed by atoms with E-state index in [1.54, 1.807) is 29.2 Å². The summed E-state index contributed by atoms with van der Waals surface area (Å²) in [6.07, 6.45) is 0.989. The van der Waals surface area contributed by atoms with Gasteiger partial charge in [-0.15, -0.1) is 0 Å². The first-order chi connectivity index (χ1) is 20.1. The molecule has 2 aromatic rings. The minimum Gasteiger partial charge on any atom is -0.491 e. The molecule has 0 saturated carbocycles. The molecule has 0 unspecified atom stereocenters. The lowest BCUT2D eigenvalue weighted by Crippen LogP contribution is -2.53. The third-order valence-electron chi connectivity index (χ3n) is 7.58. The molecule has 3 N–H and O–H groups in total. The van der Waals surface area contributed by atoms with Crippen molar-refractivity contribution in [1.29, 1.82) is 0 Å². The molecule has 0 aromatic heterocycles. The number of benzene rings is 2. The van der Waals surface area contributed by atoms with Crippen molar-refractivity contribution in [2.45, 2.75) is 45.2 Å². The number of nitrogens with one attached hydrogen (secondary N) is 3. The van der Waals surface area contributed by atoms with Gasteiger partial charge in [0, 0.05) is 20.1 Å². The zero-order valence-corrected chi connectivity index (χ0v) is 24.4. The van der Waals surface area contributed by atoms with Gasteiger partial charge in [-0.1, -0.05) is 50.2 Å². The highest BCUT2D eigenvalue weighted by atomic mass is 16.5. The maximum atomic E-state index is 13.9. The molecular weight excluding hydrogens is 538 g/mol. The van der Waals surface area contributed by atoms with Gasteiger partial charge in [0.05, 0.1) is 25.1 Å². The SMILES string of the molecule is CC(C)[C@H]1NC(=O)CN(C)C(=O)C[C@@H](C(=O)N2CCc3ccccc3CC2)NC(=O)c2ccccc2OCCNC1=O. The Morgan fingerprint density at radius 1 is 0.929 bits per heavy atom. The van der Waals surface area contributed by atoms with Gasteiger partial charge in [0.2, 0.25) is 23.6 Å². The van der Waals surface area contributed by atoms with Gasteiger partial charge in [-0.3, -0.25) is 24.0 Å². The molecule has 2 aliphatic rings. The van der Waals surface area contributed by atoms with Crippen LogP contribution >= 0.6 is 0 Å². The van der Waals surface area contributed by atoms with E-state index in [0.29, 0.717) is 25.9 Å². The Hall–Kier alpha value is -4.41. The van der Waals surface area contributed by atoms with Crippen LogP contribution in [-0.2, 0) is 32.0 Å². The molecule has 11 heteroatoms. The van der Waals surface area contributed by atoms with Gasteiger partial charge in [-0.25, -0.2) is 0 Å². The molecule has 0 saturated heterocycles. The summed E-state index contributed by atoms with van der Waals surface area (Å²) in [6.45, 7) is 4.43. The fourth-order valence-corrected chi connectivity index (χ4v) is 5.16. The molecule has 224 valence electrons. The molecule has 11 nitrogen and oxygen atoms in total. The number of nitrogens with zero attached hydrogens (tertiary/aromatic N) is 2. The van der Waals surface area contributed by atoms with Gasteiger partial charge in [0.1, 0.15) is 24.4 Å². The standard InChI is InChI=1S/C31H39N5O6/c1-20(2)28-30(40)32-14-17-42-25-11-7-6-10-23(25)29(39)33-24(18-27(38)35(3)19-26(37)34-28)31(41)36-15-12-21-8-4-5-9-22(21)13-16-36/h4-11,20,24,28H,12-19H2,1-3H3,(H,32,40)(H,33,39)(H,34,37)/t24-,28+/m0/s1. The Balaban J connectivity index is 1.60. The number of hydrogen-bond donors (Lipinski definition) is 3. The largest absolute Gasteiger partial charge is 0.491 e. The molecule has 0 spiro atoms. The summed E-state index contributed by atoms with van der Waals surface area (Å²) in [5, 5.41) is 8.23. The van der Waals surface area contributed by atoms with Gasteiger partial charge in [0.15, 0.2) is 0 Å². The molecule has 0 fully saturated rings. The van der Waals surface area contributed by atoms with Crippen molar-refractivity contribution in [3.8, 4) is 5.75 Å². The summed E-state index contributed by atoms with van der Waals surface area (Å²) < 4.78 is 5.82. The van der Waals surface area contributed by atoms with Crippen LogP contribution in [-0.4, -0.2) is 91.3 Å². The normalized spacial score (nSPS) is 21.1. The third-order valence-corrected chi connectivity index (χ3v) is 7.58. The predicted molar refractivity (Wildman–Crippen MR) is 156 cm³/mol. The molecule has 0 radical (unpaired) electrons. The number of likely N-dealkylation sites (N-methyl/N-ethyl adjacent to an activating group) is 1. The number of fused-ring (bicyclic) bond motifs is 2. The number of rotatable bonds is 2. The summed E-state index contributed by atoms with van der Waals surface area (Å²) in [5.74, 6) is -2.25. The summed E-state index contributed by atoms with van der Waals surface area (Å²) in [7, 11) is 1.45. The van der Waals surface area contributed by atoms with Crippen LogP contribution in [0.25, 0.3) is 0 Å². The molecule has 0 aliphatic carbocycles. The van der Waals surface area contributed by atoms with E-state index in [2.05, 4.69) is 16.0 Å². The van der Waals surface area contributed by atoms with Crippen LogP contribution in [0.5, 0.6) is 5.75 Å². The van der Waals surface area contributed by atoms with Crippen molar-refractivity contribution in [2.75, 3.05) is 39.8 Å². The van der Waals surface area contributed by atoms with Crippen molar-refractivity contribution in [3.63, 3.8) is 0 Å². The molecule has 0 bridgehead atoms. The molecule has 2 aliphatic heterocycles. The number of carbonyl (C=O) groups is 5. The van der Waals surface area contributed by atoms with Crippen LogP contribution < -0.4 is 20.7 Å². The summed E-state index contributed by atoms with van der Waals surface area (Å²) in [5.41, 5.74) is 2.55. The highest BCUT2D eigenvalue weighted by molar-refractivity contribution is 6.01. The first-order valence-electron chi connectivity index (χ1n) is 14.3. The monoisotopic (exact) mass is 577 g/mol. The zero-order chi connectivity index (χ0) is 30.2. The second-order valence-corrected chi connectivity index (χ2v) is 11.0. The maximum Gasteiger partial charge on any atom is 0.255 e. The van der Waals surface area contributed by atoms with Crippen LogP contribution in [0.15, 0.2) is 48.5 Å². The molecule has 42 heavy (non-hydrogen) atoms. The average molecular weight is 578 g/mol. The molecule has 5 amide bonds. The van der Waals surface area contributed by atoms with E-state index in [4.69, 9.17) is 4.74 Å². The fourth-order valence-electron chi connectivity index (χ4n) is 5.16. The lowest BCUT2D eigenvalue weighted by atomic mass is 10.0. The lowest BCUT2D eigenvalue weighted by Gasteiger charge is -2.28. The molecular formula is C31H39N5O6. The number of para-hydroxylation sites is 1. The van der Waals surface area contributed by atoms with E-state index in [1.165, 1.54) is 23.1 Å². The van der Waals surface area contributed by atoms with Crippen molar-refractivity contribution < 1.29 is 28.7 Å². The smallest absolute Gasteiger partial charge is 0.255 e. The summed E-state index contributed by atoms with van der Waals surface area (Å²) in [4.78, 5) is 69.1. The molecule has 2 atom stereocenters. The molecule has 2 aromatic carbocycles. The highest BCUT2D eigenvalue weighted by Crippen LogP contribution is 2.20. The summed E-state index contributed by atoms with van der Waals surface area (Å²) in [6, 6.07) is 12.7. The maximum absolute atomic E-state index is 13.9. The fraction of sp³-hybridized carbons (Fsp3) is 0.452. The Bertz CT molecular complexity index is 1300. The van der Waals surface area contributed by atoms with E-state index in [-0.39, 0.29) is 55.2 Å². The van der Waals surface area contributed by atoms with Crippen LogP contribution in [0.3, 0.4) is 0 Å². The van der Waals surface area contributed by atoms with E-state index >= 15 is 0 Å². The summed E-state index contributed by atoms with van der Waals surface area (Å²) >= 11 is 0. The van der Waals surface area contributed by atoms with Gasteiger partial charge in [0.25, 0.3) is 5.91 Å². The van der Waals surface area contributed by atoms with Crippen molar-refractivity contribution in [1.82, 2.24) is 25.8 Å². The molecule has 4 rings (SSSR count). The van der Waals surface area contributed by atoms with Gasteiger partial charge >= 0.3 is 0 Å². The third kappa shape index (κ3) is 7.65. The van der Waals surface area contributed by atoms with E-state index < -0.39 is 29.8 Å². The first-order valence-corrected chi connectivity index (χ1v) is 14.3. The minimum atomic E-state index is -1.16. The Labute approximate surface area is 246 Å². The van der Waals surface area contributed by atoms with Gasteiger partial charge in [-0.2, -0.15) is 0 Å². The molecule has 2 heterocycles. The van der Waals surface area contributed by atoms with E-state index in [1.807, 2.05) is 38.1 Å². The number of amides is 5. The number of hydrogen-bond acceptors (Lipinski definition) is 6. The first kappa shape index (κ1) is 30.5. The van der Waals surface area contributed by atoms with Gasteiger partial charge in [-0.05, 0) is 42.0 Å². The Morgan fingerprint density at radius 3 is 2.24 bits per heavy atom. The highest BCUT2D eigenvalue weighted by Gasteiger charge is 2.32. The lowest BCUT2D eigenvalue weighted by molar-refractivity contribution is -0.140. The van der Waals surface area contributed by atoms with Crippen LogP contribution in [0.1, 0.15) is 41.8 Å². The topological polar surface area (TPSA) is 137 Å². The van der Waals surface area contributed by atoms with Crippen LogP contribution in [0.2, 0.25) is 0 Å². The second kappa shape index (κ2) is 14.0. The van der Waals surface area contributed by atoms with E-state index in [0.717, 1.165) is 0 Å². The van der Waals surface area contributed by atoms with Crippen molar-refractivity contribution in [3.05, 3.63) is 65.2 Å². The Morgan fingerprint density at radius 2 is 1.57 bits per heavy atom.